The standard InChI is InChI=1S/C16H19N3OS/c1-10-15(17-16(21-10)18(3)4)13-5-6-14-12(9-13)7-8-19(14)11(2)20/h5-6,9H,7-8H2,1-4H3. The molecule has 3 rings (SSSR count). The van der Waals surface area contributed by atoms with Crippen molar-refractivity contribution in [3.8, 4) is 11.3 Å². The number of aromatic nitrogens is 1. The van der Waals surface area contributed by atoms with Crippen molar-refractivity contribution in [3.63, 3.8) is 0 Å². The van der Waals surface area contributed by atoms with Crippen molar-refractivity contribution in [2.24, 2.45) is 0 Å². The number of hydrogen-bond donors (Lipinski definition) is 0. The van der Waals surface area contributed by atoms with E-state index < -0.39 is 0 Å². The summed E-state index contributed by atoms with van der Waals surface area (Å²) in [6.07, 6.45) is 0.923. The van der Waals surface area contributed by atoms with Gasteiger partial charge < -0.3 is 9.80 Å². The molecule has 0 aliphatic carbocycles. The maximum atomic E-state index is 11.6. The lowest BCUT2D eigenvalue weighted by Crippen LogP contribution is -2.25. The highest BCUT2D eigenvalue weighted by atomic mass is 32.1. The van der Waals surface area contributed by atoms with Crippen LogP contribution in [-0.2, 0) is 11.2 Å². The second-order valence-electron chi connectivity index (χ2n) is 5.56. The topological polar surface area (TPSA) is 36.4 Å². The molecule has 4 nitrogen and oxygen atoms in total. The van der Waals surface area contributed by atoms with Gasteiger partial charge in [-0.25, -0.2) is 4.98 Å². The highest BCUT2D eigenvalue weighted by Gasteiger charge is 2.23. The first-order valence-corrected chi connectivity index (χ1v) is 7.85. The van der Waals surface area contributed by atoms with Gasteiger partial charge in [0.15, 0.2) is 5.13 Å². The molecule has 110 valence electrons. The summed E-state index contributed by atoms with van der Waals surface area (Å²) in [5.74, 6) is 0.112. The Kier molecular flexibility index (Phi) is 3.45. The molecule has 21 heavy (non-hydrogen) atoms. The van der Waals surface area contributed by atoms with Crippen LogP contribution < -0.4 is 9.80 Å². The highest BCUT2D eigenvalue weighted by molar-refractivity contribution is 7.16. The molecule has 1 aliphatic rings. The molecule has 2 aromatic rings. The van der Waals surface area contributed by atoms with Crippen molar-refractivity contribution >= 4 is 28.1 Å². The SMILES string of the molecule is CC(=O)N1CCc2cc(-c3nc(N(C)C)sc3C)ccc21. The monoisotopic (exact) mass is 301 g/mol. The van der Waals surface area contributed by atoms with Gasteiger partial charge in [0.25, 0.3) is 0 Å². The van der Waals surface area contributed by atoms with Crippen LogP contribution in [0.2, 0.25) is 0 Å². The first-order valence-electron chi connectivity index (χ1n) is 7.03. The van der Waals surface area contributed by atoms with Crippen LogP contribution in [0, 0.1) is 6.92 Å². The summed E-state index contributed by atoms with van der Waals surface area (Å²) < 4.78 is 0. The second kappa shape index (κ2) is 5.15. The highest BCUT2D eigenvalue weighted by Crippen LogP contribution is 2.36. The minimum absolute atomic E-state index is 0.112. The van der Waals surface area contributed by atoms with Crippen LogP contribution in [0.15, 0.2) is 18.2 Å². The molecule has 0 saturated carbocycles. The summed E-state index contributed by atoms with van der Waals surface area (Å²) in [5, 5.41) is 1.02. The lowest BCUT2D eigenvalue weighted by Gasteiger charge is -2.14. The fourth-order valence-corrected chi connectivity index (χ4v) is 3.57. The molecule has 2 heterocycles. The zero-order valence-corrected chi connectivity index (χ0v) is 13.6. The zero-order valence-electron chi connectivity index (χ0n) is 12.8. The number of fused-ring (bicyclic) bond motifs is 1. The largest absolute Gasteiger partial charge is 0.354 e. The second-order valence-corrected chi connectivity index (χ2v) is 6.74. The lowest BCUT2D eigenvalue weighted by molar-refractivity contribution is -0.116. The lowest BCUT2D eigenvalue weighted by atomic mass is 10.1. The van der Waals surface area contributed by atoms with Gasteiger partial charge in [0.05, 0.1) is 5.69 Å². The normalized spacial score (nSPS) is 13.4. The molecule has 0 unspecified atom stereocenters. The van der Waals surface area contributed by atoms with E-state index in [1.807, 2.05) is 30.0 Å². The Hall–Kier alpha value is -1.88. The number of carbonyl (C=O) groups excluding carboxylic acids is 1. The molecule has 1 aromatic heterocycles. The van der Waals surface area contributed by atoms with Gasteiger partial charge >= 0.3 is 0 Å². The predicted octanol–water partition coefficient (Wildman–Crippen LogP) is 3.09. The third-order valence-electron chi connectivity index (χ3n) is 3.80. The molecule has 1 amide bonds. The Labute approximate surface area is 129 Å². The van der Waals surface area contributed by atoms with Crippen LogP contribution in [0.4, 0.5) is 10.8 Å². The van der Waals surface area contributed by atoms with Crippen LogP contribution in [0.1, 0.15) is 17.4 Å². The van der Waals surface area contributed by atoms with Crippen LogP contribution in [0.3, 0.4) is 0 Å². The fourth-order valence-electron chi connectivity index (χ4n) is 2.72. The minimum atomic E-state index is 0.112. The molecule has 0 N–H and O–H groups in total. The summed E-state index contributed by atoms with van der Waals surface area (Å²) in [4.78, 5) is 21.4. The Morgan fingerprint density at radius 2 is 2.14 bits per heavy atom. The van der Waals surface area contributed by atoms with Gasteiger partial charge in [-0.05, 0) is 31.0 Å². The number of amides is 1. The van der Waals surface area contributed by atoms with E-state index in [-0.39, 0.29) is 5.91 Å². The number of rotatable bonds is 2. The van der Waals surface area contributed by atoms with Crippen molar-refractivity contribution in [2.75, 3.05) is 30.4 Å². The third-order valence-corrected chi connectivity index (χ3v) is 4.94. The van der Waals surface area contributed by atoms with E-state index in [9.17, 15) is 4.79 Å². The average molecular weight is 301 g/mol. The van der Waals surface area contributed by atoms with Crippen molar-refractivity contribution in [1.29, 1.82) is 0 Å². The molecule has 0 spiro atoms. The molecule has 1 aromatic carbocycles. The Bertz CT molecular complexity index is 706. The molecular weight excluding hydrogens is 282 g/mol. The van der Waals surface area contributed by atoms with E-state index in [1.54, 1.807) is 18.3 Å². The number of anilines is 2. The number of aryl methyl sites for hydroxylation is 1. The third kappa shape index (κ3) is 2.42. The molecule has 0 saturated heterocycles. The van der Waals surface area contributed by atoms with Crippen molar-refractivity contribution < 1.29 is 4.79 Å². The summed E-state index contributed by atoms with van der Waals surface area (Å²) in [6, 6.07) is 6.30. The van der Waals surface area contributed by atoms with E-state index in [0.717, 1.165) is 35.0 Å². The average Bonchev–Trinajstić information content (AvgIpc) is 3.01. The molecule has 0 atom stereocenters. The number of hydrogen-bond acceptors (Lipinski definition) is 4. The molecule has 0 radical (unpaired) electrons. The molecule has 5 heteroatoms. The molecule has 0 bridgehead atoms. The quantitative estimate of drug-likeness (QED) is 0.855. The van der Waals surface area contributed by atoms with Crippen LogP contribution in [0.5, 0.6) is 0 Å². The number of carbonyl (C=O) groups is 1. The van der Waals surface area contributed by atoms with Gasteiger partial charge in [-0.3, -0.25) is 4.79 Å². The maximum Gasteiger partial charge on any atom is 0.223 e. The number of benzene rings is 1. The Balaban J connectivity index is 2.00. The van der Waals surface area contributed by atoms with Gasteiger partial charge in [0.2, 0.25) is 5.91 Å². The van der Waals surface area contributed by atoms with Gasteiger partial charge in [-0.15, -0.1) is 11.3 Å². The number of thiazole rings is 1. The molecule has 1 aliphatic heterocycles. The van der Waals surface area contributed by atoms with Gasteiger partial charge in [-0.2, -0.15) is 0 Å². The van der Waals surface area contributed by atoms with E-state index in [2.05, 4.69) is 19.1 Å². The summed E-state index contributed by atoms with van der Waals surface area (Å²) in [7, 11) is 4.02. The zero-order chi connectivity index (χ0) is 15.1. The van der Waals surface area contributed by atoms with Crippen molar-refractivity contribution in [3.05, 3.63) is 28.6 Å². The van der Waals surface area contributed by atoms with Crippen LogP contribution >= 0.6 is 11.3 Å². The van der Waals surface area contributed by atoms with Crippen molar-refractivity contribution in [2.45, 2.75) is 20.3 Å². The fraction of sp³-hybridized carbons (Fsp3) is 0.375. The van der Waals surface area contributed by atoms with E-state index in [0.29, 0.717) is 0 Å². The maximum absolute atomic E-state index is 11.6. The summed E-state index contributed by atoms with van der Waals surface area (Å²) in [5.41, 5.74) is 4.47. The Morgan fingerprint density at radius 3 is 2.76 bits per heavy atom. The van der Waals surface area contributed by atoms with Crippen molar-refractivity contribution in [1.82, 2.24) is 4.98 Å². The predicted molar refractivity (Wildman–Crippen MR) is 88.3 cm³/mol. The summed E-state index contributed by atoms with van der Waals surface area (Å²) in [6.45, 7) is 4.51. The molecule has 0 fully saturated rings. The van der Waals surface area contributed by atoms with Gasteiger partial charge in [-0.1, -0.05) is 6.07 Å². The van der Waals surface area contributed by atoms with E-state index in [1.165, 1.54) is 10.4 Å². The smallest absolute Gasteiger partial charge is 0.223 e. The summed E-state index contributed by atoms with van der Waals surface area (Å²) >= 11 is 1.71. The Morgan fingerprint density at radius 1 is 1.38 bits per heavy atom. The minimum Gasteiger partial charge on any atom is -0.354 e. The van der Waals surface area contributed by atoms with Crippen LogP contribution in [-0.4, -0.2) is 31.5 Å². The molecular formula is C16H19N3OS. The van der Waals surface area contributed by atoms with E-state index >= 15 is 0 Å². The van der Waals surface area contributed by atoms with Crippen LogP contribution in [0.25, 0.3) is 11.3 Å². The first kappa shape index (κ1) is 14.1. The van der Waals surface area contributed by atoms with Gasteiger partial charge in [0, 0.05) is 43.7 Å². The first-order chi connectivity index (χ1) is 9.97. The van der Waals surface area contributed by atoms with E-state index in [4.69, 9.17) is 4.98 Å². The van der Waals surface area contributed by atoms with Gasteiger partial charge in [0.1, 0.15) is 0 Å². The number of nitrogens with zero attached hydrogens (tertiary/aromatic N) is 3.